The van der Waals surface area contributed by atoms with Crippen LogP contribution in [0.25, 0.3) is 0 Å². The molecule has 3 fully saturated rings. The molecule has 3 heterocycles. The predicted octanol–water partition coefficient (Wildman–Crippen LogP) is 1.95. The van der Waals surface area contributed by atoms with Gasteiger partial charge in [0.1, 0.15) is 0 Å². The zero-order valence-corrected chi connectivity index (χ0v) is 14.4. The summed E-state index contributed by atoms with van der Waals surface area (Å²) in [5, 5.41) is 3.65. The van der Waals surface area contributed by atoms with Crippen LogP contribution in [-0.4, -0.2) is 61.0 Å². The highest BCUT2D eigenvalue weighted by Gasteiger charge is 2.30. The number of hydrogen-bond acceptors (Lipinski definition) is 3. The summed E-state index contributed by atoms with van der Waals surface area (Å²) in [5.74, 6) is 2.51. The van der Waals surface area contributed by atoms with Crippen molar-refractivity contribution in [1.82, 2.24) is 15.1 Å². The van der Waals surface area contributed by atoms with E-state index in [1.165, 1.54) is 38.6 Å². The molecule has 0 radical (unpaired) electrons. The highest BCUT2D eigenvalue weighted by atomic mass is 16.2. The Bertz CT molecular complexity index is 363. The lowest BCUT2D eigenvalue weighted by molar-refractivity contribution is -0.135. The summed E-state index contributed by atoms with van der Waals surface area (Å²) in [6, 6.07) is 0.752. The first-order valence-electron chi connectivity index (χ1n) is 9.35. The average Bonchev–Trinajstić information content (AvgIpc) is 3.01. The van der Waals surface area contributed by atoms with Crippen LogP contribution in [0.1, 0.15) is 46.0 Å². The van der Waals surface area contributed by atoms with E-state index in [2.05, 4.69) is 29.0 Å². The molecule has 3 unspecified atom stereocenters. The van der Waals surface area contributed by atoms with Crippen LogP contribution in [0.5, 0.6) is 0 Å². The summed E-state index contributed by atoms with van der Waals surface area (Å²) < 4.78 is 0. The minimum atomic E-state index is 0.357. The average molecular weight is 307 g/mol. The van der Waals surface area contributed by atoms with E-state index in [0.717, 1.165) is 38.1 Å². The zero-order chi connectivity index (χ0) is 15.5. The van der Waals surface area contributed by atoms with E-state index < -0.39 is 0 Å². The fourth-order valence-electron chi connectivity index (χ4n) is 4.79. The van der Waals surface area contributed by atoms with Crippen molar-refractivity contribution in [2.24, 2.45) is 17.8 Å². The molecule has 3 aliphatic rings. The minimum Gasteiger partial charge on any atom is -0.341 e. The molecule has 1 amide bonds. The Kier molecular flexibility index (Phi) is 5.40. The number of carbonyl (C=O) groups is 1. The van der Waals surface area contributed by atoms with E-state index in [0.29, 0.717) is 24.3 Å². The highest BCUT2D eigenvalue weighted by Crippen LogP contribution is 2.26. The van der Waals surface area contributed by atoms with Gasteiger partial charge in [0.2, 0.25) is 5.91 Å². The normalized spacial score (nSPS) is 35.0. The van der Waals surface area contributed by atoms with E-state index in [4.69, 9.17) is 0 Å². The minimum absolute atomic E-state index is 0.357. The number of piperidine rings is 2. The van der Waals surface area contributed by atoms with Gasteiger partial charge in [-0.25, -0.2) is 0 Å². The molecule has 22 heavy (non-hydrogen) atoms. The second-order valence-electron chi connectivity index (χ2n) is 8.06. The van der Waals surface area contributed by atoms with Gasteiger partial charge in [0.15, 0.2) is 0 Å². The van der Waals surface area contributed by atoms with Gasteiger partial charge in [-0.1, -0.05) is 13.8 Å². The summed E-state index contributed by atoms with van der Waals surface area (Å²) in [4.78, 5) is 17.1. The third-order valence-electron chi connectivity index (χ3n) is 5.88. The zero-order valence-electron chi connectivity index (χ0n) is 14.4. The van der Waals surface area contributed by atoms with E-state index in [9.17, 15) is 4.79 Å². The molecule has 3 saturated heterocycles. The van der Waals surface area contributed by atoms with Gasteiger partial charge >= 0.3 is 0 Å². The van der Waals surface area contributed by atoms with E-state index in [-0.39, 0.29) is 0 Å². The molecule has 3 rings (SSSR count). The molecule has 0 aromatic carbocycles. The van der Waals surface area contributed by atoms with Gasteiger partial charge < -0.3 is 10.2 Å². The van der Waals surface area contributed by atoms with Crippen LogP contribution in [0.4, 0.5) is 0 Å². The number of amides is 1. The molecule has 126 valence electrons. The Balaban J connectivity index is 1.43. The maximum absolute atomic E-state index is 12.6. The van der Waals surface area contributed by atoms with Crippen LogP contribution in [0.15, 0.2) is 0 Å². The van der Waals surface area contributed by atoms with Crippen molar-refractivity contribution < 1.29 is 4.79 Å². The molecule has 1 N–H and O–H groups in total. The third-order valence-corrected chi connectivity index (χ3v) is 5.88. The molecule has 3 aliphatic heterocycles. The third kappa shape index (κ3) is 4.02. The van der Waals surface area contributed by atoms with Crippen LogP contribution < -0.4 is 5.32 Å². The van der Waals surface area contributed by atoms with E-state index in [1.807, 2.05) is 0 Å². The summed E-state index contributed by atoms with van der Waals surface area (Å²) in [6.07, 6.45) is 6.49. The first-order chi connectivity index (χ1) is 10.6. The van der Waals surface area contributed by atoms with Gasteiger partial charge in [-0.15, -0.1) is 0 Å². The number of likely N-dealkylation sites (tertiary alicyclic amines) is 2. The van der Waals surface area contributed by atoms with Crippen molar-refractivity contribution in [3.63, 3.8) is 0 Å². The second kappa shape index (κ2) is 7.31. The van der Waals surface area contributed by atoms with Crippen molar-refractivity contribution >= 4 is 5.91 Å². The number of carbonyl (C=O) groups excluding carboxylic acids is 1. The van der Waals surface area contributed by atoms with Gasteiger partial charge in [0.25, 0.3) is 0 Å². The number of rotatable bonds is 3. The molecule has 0 bridgehead atoms. The molecule has 0 spiro atoms. The smallest absolute Gasteiger partial charge is 0.236 e. The van der Waals surface area contributed by atoms with Gasteiger partial charge in [0, 0.05) is 19.1 Å². The molecule has 0 saturated carbocycles. The van der Waals surface area contributed by atoms with Gasteiger partial charge in [-0.05, 0) is 69.5 Å². The SMILES string of the molecule is CC1CC(C)CN(C(=O)CN2CCC(C3CCCN3)CC2)C1. The predicted molar refractivity (Wildman–Crippen MR) is 89.7 cm³/mol. The Morgan fingerprint density at radius 2 is 1.77 bits per heavy atom. The fourth-order valence-corrected chi connectivity index (χ4v) is 4.79. The second-order valence-corrected chi connectivity index (χ2v) is 8.06. The molecule has 3 atom stereocenters. The lowest BCUT2D eigenvalue weighted by Gasteiger charge is -2.38. The van der Waals surface area contributed by atoms with Crippen LogP contribution in [0.3, 0.4) is 0 Å². The van der Waals surface area contributed by atoms with Crippen LogP contribution in [-0.2, 0) is 4.79 Å². The lowest BCUT2D eigenvalue weighted by atomic mass is 9.88. The fraction of sp³-hybridized carbons (Fsp3) is 0.944. The molecular weight excluding hydrogens is 274 g/mol. The van der Waals surface area contributed by atoms with Crippen molar-refractivity contribution in [2.75, 3.05) is 39.3 Å². The Labute approximate surface area is 135 Å². The maximum Gasteiger partial charge on any atom is 0.236 e. The summed E-state index contributed by atoms with van der Waals surface area (Å²) in [6.45, 7) is 10.5. The summed E-state index contributed by atoms with van der Waals surface area (Å²) >= 11 is 0. The van der Waals surface area contributed by atoms with Crippen LogP contribution in [0.2, 0.25) is 0 Å². The van der Waals surface area contributed by atoms with Gasteiger partial charge in [-0.3, -0.25) is 9.69 Å². The lowest BCUT2D eigenvalue weighted by Crippen LogP contribution is -2.49. The number of hydrogen-bond donors (Lipinski definition) is 1. The van der Waals surface area contributed by atoms with Crippen molar-refractivity contribution in [3.8, 4) is 0 Å². The van der Waals surface area contributed by atoms with Crippen LogP contribution >= 0.6 is 0 Å². The van der Waals surface area contributed by atoms with Crippen LogP contribution in [0, 0.1) is 17.8 Å². The van der Waals surface area contributed by atoms with E-state index >= 15 is 0 Å². The number of nitrogens with one attached hydrogen (secondary N) is 1. The largest absolute Gasteiger partial charge is 0.341 e. The Morgan fingerprint density at radius 3 is 2.36 bits per heavy atom. The topological polar surface area (TPSA) is 35.6 Å². The molecule has 4 nitrogen and oxygen atoms in total. The summed E-state index contributed by atoms with van der Waals surface area (Å²) in [5.41, 5.74) is 0. The first kappa shape index (κ1) is 16.3. The Hall–Kier alpha value is -0.610. The maximum atomic E-state index is 12.6. The quantitative estimate of drug-likeness (QED) is 0.866. The molecular formula is C18H33N3O. The molecule has 0 aromatic heterocycles. The molecule has 0 aliphatic carbocycles. The summed E-state index contributed by atoms with van der Waals surface area (Å²) in [7, 11) is 0. The Morgan fingerprint density at radius 1 is 1.09 bits per heavy atom. The van der Waals surface area contributed by atoms with Crippen molar-refractivity contribution in [3.05, 3.63) is 0 Å². The molecule has 0 aromatic rings. The monoisotopic (exact) mass is 307 g/mol. The number of nitrogens with zero attached hydrogens (tertiary/aromatic N) is 2. The standard InChI is InChI=1S/C18H33N3O/c1-14-10-15(2)12-21(11-14)18(22)13-20-8-5-16(6-9-20)17-4-3-7-19-17/h14-17,19H,3-13H2,1-2H3. The van der Waals surface area contributed by atoms with Crippen molar-refractivity contribution in [1.29, 1.82) is 0 Å². The first-order valence-corrected chi connectivity index (χ1v) is 9.35. The van der Waals surface area contributed by atoms with Gasteiger partial charge in [-0.2, -0.15) is 0 Å². The van der Waals surface area contributed by atoms with Crippen molar-refractivity contribution in [2.45, 2.75) is 52.0 Å². The highest BCUT2D eigenvalue weighted by molar-refractivity contribution is 5.78. The van der Waals surface area contributed by atoms with E-state index in [1.54, 1.807) is 0 Å². The van der Waals surface area contributed by atoms with Gasteiger partial charge in [0.05, 0.1) is 6.54 Å². The molecule has 4 heteroatoms.